The van der Waals surface area contributed by atoms with E-state index in [1.165, 1.54) is 62.4 Å². The molecule has 2 saturated heterocycles. The smallest absolute Gasteiger partial charge is 0.185 e. The van der Waals surface area contributed by atoms with Crippen molar-refractivity contribution in [3.8, 4) is 0 Å². The molecule has 0 radical (unpaired) electrons. The lowest BCUT2D eigenvalue weighted by Gasteiger charge is -2.38. The zero-order chi connectivity index (χ0) is 14.1. The van der Waals surface area contributed by atoms with Crippen LogP contribution in [0, 0.1) is 0 Å². The first-order chi connectivity index (χ1) is 10.4. The van der Waals surface area contributed by atoms with E-state index in [1.54, 1.807) is 0 Å². The molecule has 4 nitrogen and oxygen atoms in total. The monoisotopic (exact) mass is 307 g/mol. The maximum absolute atomic E-state index is 5.77. The first-order valence-electron chi connectivity index (χ1n) is 8.46. The second kappa shape index (κ2) is 6.23. The fourth-order valence-corrected chi connectivity index (χ4v) is 4.95. The fraction of sp³-hybridized carbons (Fsp3) is 0.812. The molecule has 3 aliphatic rings. The van der Waals surface area contributed by atoms with Crippen LogP contribution < -0.4 is 4.90 Å². The van der Waals surface area contributed by atoms with Crippen LogP contribution >= 0.6 is 11.3 Å². The number of ether oxygens (including phenoxy) is 1. The number of aromatic nitrogens is 1. The highest BCUT2D eigenvalue weighted by Crippen LogP contribution is 2.35. The summed E-state index contributed by atoms with van der Waals surface area (Å²) in [6.45, 7) is 5.14. The normalized spacial score (nSPS) is 28.6. The van der Waals surface area contributed by atoms with Crippen LogP contribution in [0.2, 0.25) is 0 Å². The predicted molar refractivity (Wildman–Crippen MR) is 86.1 cm³/mol. The van der Waals surface area contributed by atoms with E-state index < -0.39 is 0 Å². The Morgan fingerprint density at radius 1 is 1.10 bits per heavy atom. The van der Waals surface area contributed by atoms with Crippen LogP contribution in [-0.2, 0) is 4.74 Å². The van der Waals surface area contributed by atoms with Crippen LogP contribution in [0.5, 0.6) is 0 Å². The first kappa shape index (κ1) is 14.0. The molecule has 3 heterocycles. The molecule has 0 bridgehead atoms. The number of hydrogen-bond acceptors (Lipinski definition) is 5. The van der Waals surface area contributed by atoms with Gasteiger partial charge in [-0.25, -0.2) is 4.98 Å². The molecule has 1 aromatic heterocycles. The lowest BCUT2D eigenvalue weighted by Crippen LogP contribution is -2.44. The summed E-state index contributed by atoms with van der Waals surface area (Å²) >= 11 is 1.82. The van der Waals surface area contributed by atoms with Crippen LogP contribution in [-0.4, -0.2) is 48.8 Å². The van der Waals surface area contributed by atoms with Crippen molar-refractivity contribution >= 4 is 16.5 Å². The van der Waals surface area contributed by atoms with E-state index in [4.69, 9.17) is 9.72 Å². The molecule has 1 atom stereocenters. The lowest BCUT2D eigenvalue weighted by atomic mass is 10.1. The molecule has 0 spiro atoms. The predicted octanol–water partition coefficient (Wildman–Crippen LogP) is 3.06. The van der Waals surface area contributed by atoms with Crippen molar-refractivity contribution in [3.05, 3.63) is 11.1 Å². The van der Waals surface area contributed by atoms with Crippen LogP contribution in [0.15, 0.2) is 5.38 Å². The molecular weight excluding hydrogens is 282 g/mol. The van der Waals surface area contributed by atoms with Crippen molar-refractivity contribution in [1.29, 1.82) is 0 Å². The van der Waals surface area contributed by atoms with Crippen LogP contribution in [0.25, 0.3) is 0 Å². The van der Waals surface area contributed by atoms with E-state index in [9.17, 15) is 0 Å². The summed E-state index contributed by atoms with van der Waals surface area (Å²) in [7, 11) is 0. The SMILES string of the molecule is c1sc(N2CCCC2)nc1[C@H]1COCCN1C1CCCC1. The molecular formula is C16H25N3OS. The standard InChI is InChI=1S/C16H25N3OS/c1-2-6-13(5-1)19-9-10-20-11-15(19)14-12-21-16(17-14)18-7-3-4-8-18/h12-13,15H,1-11H2/t15-/m1/s1. The average Bonchev–Trinajstić information content (AvgIpc) is 3.27. The molecule has 1 aromatic rings. The minimum Gasteiger partial charge on any atom is -0.378 e. The zero-order valence-corrected chi connectivity index (χ0v) is 13.5. The Morgan fingerprint density at radius 2 is 1.90 bits per heavy atom. The molecule has 5 heteroatoms. The van der Waals surface area contributed by atoms with Crippen molar-refractivity contribution in [2.45, 2.75) is 50.6 Å². The summed E-state index contributed by atoms with van der Waals surface area (Å²) < 4.78 is 5.77. The Balaban J connectivity index is 1.52. The highest BCUT2D eigenvalue weighted by Gasteiger charge is 2.33. The first-order valence-corrected chi connectivity index (χ1v) is 9.33. The van der Waals surface area contributed by atoms with Crippen molar-refractivity contribution in [1.82, 2.24) is 9.88 Å². The molecule has 2 aliphatic heterocycles. The van der Waals surface area contributed by atoms with Crippen LogP contribution in [0.1, 0.15) is 50.3 Å². The Bertz CT molecular complexity index is 466. The fourth-order valence-electron chi connectivity index (χ4n) is 4.03. The van der Waals surface area contributed by atoms with E-state index in [0.717, 1.165) is 25.8 Å². The van der Waals surface area contributed by atoms with E-state index in [2.05, 4.69) is 15.2 Å². The van der Waals surface area contributed by atoms with Gasteiger partial charge in [0.2, 0.25) is 0 Å². The maximum atomic E-state index is 5.77. The summed E-state index contributed by atoms with van der Waals surface area (Å²) in [6.07, 6.45) is 8.14. The van der Waals surface area contributed by atoms with Gasteiger partial charge in [0.25, 0.3) is 0 Å². The average molecular weight is 307 g/mol. The quantitative estimate of drug-likeness (QED) is 0.858. The highest BCUT2D eigenvalue weighted by atomic mass is 32.1. The molecule has 4 rings (SSSR count). The molecule has 0 amide bonds. The van der Waals surface area contributed by atoms with Gasteiger partial charge in [0.15, 0.2) is 5.13 Å². The van der Waals surface area contributed by atoms with Gasteiger partial charge in [0.1, 0.15) is 0 Å². The number of hydrogen-bond donors (Lipinski definition) is 0. The van der Waals surface area contributed by atoms with Gasteiger partial charge in [-0.3, -0.25) is 4.90 Å². The third-order valence-electron chi connectivity index (χ3n) is 5.19. The van der Waals surface area contributed by atoms with Gasteiger partial charge in [-0.2, -0.15) is 0 Å². The summed E-state index contributed by atoms with van der Waals surface area (Å²) in [6, 6.07) is 1.14. The summed E-state index contributed by atoms with van der Waals surface area (Å²) in [4.78, 5) is 10.1. The van der Waals surface area contributed by atoms with Gasteiger partial charge >= 0.3 is 0 Å². The number of morpholine rings is 1. The second-order valence-electron chi connectivity index (χ2n) is 6.52. The minimum atomic E-state index is 0.384. The van der Waals surface area contributed by atoms with Gasteiger partial charge in [0, 0.05) is 31.1 Å². The van der Waals surface area contributed by atoms with Crippen molar-refractivity contribution < 1.29 is 4.74 Å². The molecule has 21 heavy (non-hydrogen) atoms. The lowest BCUT2D eigenvalue weighted by molar-refractivity contribution is -0.0302. The topological polar surface area (TPSA) is 28.6 Å². The van der Waals surface area contributed by atoms with E-state index in [0.29, 0.717) is 6.04 Å². The molecule has 3 fully saturated rings. The summed E-state index contributed by atoms with van der Waals surface area (Å²) in [5.74, 6) is 0. The Kier molecular flexibility index (Phi) is 4.14. The molecule has 1 saturated carbocycles. The minimum absolute atomic E-state index is 0.384. The van der Waals surface area contributed by atoms with Crippen LogP contribution in [0.3, 0.4) is 0 Å². The molecule has 1 aliphatic carbocycles. The number of anilines is 1. The summed E-state index contributed by atoms with van der Waals surface area (Å²) in [5.41, 5.74) is 1.24. The van der Waals surface area contributed by atoms with Gasteiger partial charge in [-0.1, -0.05) is 12.8 Å². The maximum Gasteiger partial charge on any atom is 0.185 e. The van der Waals surface area contributed by atoms with E-state index in [-0.39, 0.29) is 0 Å². The van der Waals surface area contributed by atoms with Crippen molar-refractivity contribution in [2.75, 3.05) is 37.7 Å². The Labute approximate surface area is 131 Å². The zero-order valence-electron chi connectivity index (χ0n) is 12.7. The van der Waals surface area contributed by atoms with Gasteiger partial charge < -0.3 is 9.64 Å². The van der Waals surface area contributed by atoms with E-state index >= 15 is 0 Å². The number of nitrogens with zero attached hydrogens (tertiary/aromatic N) is 3. The van der Waals surface area contributed by atoms with Gasteiger partial charge in [-0.15, -0.1) is 11.3 Å². The second-order valence-corrected chi connectivity index (χ2v) is 7.35. The number of thiazole rings is 1. The van der Waals surface area contributed by atoms with Crippen molar-refractivity contribution in [3.63, 3.8) is 0 Å². The molecule has 0 unspecified atom stereocenters. The largest absolute Gasteiger partial charge is 0.378 e. The van der Waals surface area contributed by atoms with E-state index in [1.807, 2.05) is 11.3 Å². The Morgan fingerprint density at radius 3 is 2.71 bits per heavy atom. The van der Waals surface area contributed by atoms with Gasteiger partial charge in [-0.05, 0) is 25.7 Å². The van der Waals surface area contributed by atoms with Gasteiger partial charge in [0.05, 0.1) is 24.9 Å². The third kappa shape index (κ3) is 2.83. The van der Waals surface area contributed by atoms with Crippen molar-refractivity contribution in [2.24, 2.45) is 0 Å². The Hall–Kier alpha value is -0.650. The third-order valence-corrected chi connectivity index (χ3v) is 6.11. The highest BCUT2D eigenvalue weighted by molar-refractivity contribution is 7.13. The molecule has 0 aromatic carbocycles. The summed E-state index contributed by atoms with van der Waals surface area (Å²) in [5, 5.41) is 3.49. The van der Waals surface area contributed by atoms with Crippen LogP contribution in [0.4, 0.5) is 5.13 Å². The molecule has 0 N–H and O–H groups in total. The number of rotatable bonds is 3. The molecule has 116 valence electrons.